The van der Waals surface area contributed by atoms with Gasteiger partial charge in [-0.3, -0.25) is 19.1 Å². The van der Waals surface area contributed by atoms with Crippen LogP contribution in [0.25, 0.3) is 11.1 Å². The first kappa shape index (κ1) is 38.3. The van der Waals surface area contributed by atoms with Crippen molar-refractivity contribution in [3.05, 3.63) is 59.7 Å². The first-order valence-corrected chi connectivity index (χ1v) is 21.4. The maximum atomic E-state index is 14.7. The summed E-state index contributed by atoms with van der Waals surface area (Å²) in [6, 6.07) is 13.1. The number of hydrogen-bond donors (Lipinski definition) is 3. The summed E-state index contributed by atoms with van der Waals surface area (Å²) in [6.45, 7) is -0.132. The molecule has 1 aliphatic heterocycles. The summed E-state index contributed by atoms with van der Waals surface area (Å²) >= 11 is 0. The van der Waals surface area contributed by atoms with Crippen molar-refractivity contribution in [1.29, 1.82) is 0 Å². The van der Waals surface area contributed by atoms with Crippen LogP contribution in [0.5, 0.6) is 0 Å². The van der Waals surface area contributed by atoms with Crippen LogP contribution in [0.15, 0.2) is 53.7 Å². The van der Waals surface area contributed by atoms with Crippen molar-refractivity contribution < 1.29 is 46.0 Å². The van der Waals surface area contributed by atoms with Gasteiger partial charge in [-0.25, -0.2) is 22.0 Å². The molecule has 4 amide bonds. The van der Waals surface area contributed by atoms with Crippen LogP contribution in [0.1, 0.15) is 94.6 Å². The first-order valence-electron chi connectivity index (χ1n) is 19.8. The Bertz CT molecular complexity index is 1970. The predicted octanol–water partition coefficient (Wildman–Crippen LogP) is 4.77. The second-order valence-electron chi connectivity index (χ2n) is 16.1. The summed E-state index contributed by atoms with van der Waals surface area (Å²) in [5.41, 5.74) is 2.02. The molecule has 3 N–H and O–H groups in total. The van der Waals surface area contributed by atoms with E-state index in [4.69, 9.17) is 9.57 Å². The number of ether oxygens (including phenoxy) is 1. The minimum Gasteiger partial charge on any atom is -0.446 e. The molecule has 5 atom stereocenters. The van der Waals surface area contributed by atoms with Crippen molar-refractivity contribution in [3.63, 3.8) is 0 Å². The van der Waals surface area contributed by atoms with E-state index < -0.39 is 81.6 Å². The molecule has 1 unspecified atom stereocenters. The Balaban J connectivity index is 1.08. The lowest BCUT2D eigenvalue weighted by molar-refractivity contribution is -0.142. The van der Waals surface area contributed by atoms with Crippen LogP contribution in [-0.4, -0.2) is 90.9 Å². The molecule has 16 heteroatoms. The van der Waals surface area contributed by atoms with Crippen LogP contribution < -0.4 is 15.4 Å². The van der Waals surface area contributed by atoms with E-state index >= 15 is 0 Å². The van der Waals surface area contributed by atoms with Gasteiger partial charge in [0.15, 0.2) is 0 Å². The Labute approximate surface area is 324 Å². The molecule has 0 aromatic heterocycles. The number of likely N-dealkylation sites (tertiary alicyclic amines) is 1. The van der Waals surface area contributed by atoms with E-state index in [9.17, 15) is 36.4 Å². The highest BCUT2D eigenvalue weighted by Gasteiger charge is 2.67. The van der Waals surface area contributed by atoms with Gasteiger partial charge in [0.1, 0.15) is 35.5 Å². The molecule has 0 spiro atoms. The third-order valence-electron chi connectivity index (χ3n) is 12.3. The summed E-state index contributed by atoms with van der Waals surface area (Å²) in [7, 11) is -4.12. The van der Waals surface area contributed by atoms with E-state index in [1.165, 1.54) is 4.90 Å². The molecule has 0 bridgehead atoms. The molecule has 4 saturated carbocycles. The number of fused-ring (bicyclic) bond motifs is 3. The summed E-state index contributed by atoms with van der Waals surface area (Å²) in [6.07, 6.45) is 2.59. The lowest BCUT2D eigenvalue weighted by atomic mass is 9.83. The molecular formula is C40H47F2N5O8S. The fourth-order valence-electron chi connectivity index (χ4n) is 8.97. The van der Waals surface area contributed by atoms with Gasteiger partial charge >= 0.3 is 6.09 Å². The Morgan fingerprint density at radius 1 is 0.821 bits per heavy atom. The molecule has 6 aliphatic rings. The van der Waals surface area contributed by atoms with E-state index in [-0.39, 0.29) is 25.0 Å². The third-order valence-corrected chi connectivity index (χ3v) is 14.1. The van der Waals surface area contributed by atoms with Gasteiger partial charge in [0, 0.05) is 17.5 Å². The van der Waals surface area contributed by atoms with Crippen molar-refractivity contribution in [1.82, 2.24) is 20.3 Å². The smallest absolute Gasteiger partial charge is 0.408 e. The Morgan fingerprint density at radius 2 is 1.43 bits per heavy atom. The van der Waals surface area contributed by atoms with Crippen LogP contribution in [0.4, 0.5) is 13.6 Å². The summed E-state index contributed by atoms with van der Waals surface area (Å²) in [5, 5.41) is 9.05. The molecule has 0 radical (unpaired) electrons. The van der Waals surface area contributed by atoms with Crippen LogP contribution in [-0.2, 0) is 34.0 Å². The lowest BCUT2D eigenvalue weighted by Gasteiger charge is -2.34. The van der Waals surface area contributed by atoms with Crippen molar-refractivity contribution in [3.8, 4) is 11.1 Å². The van der Waals surface area contributed by atoms with Gasteiger partial charge in [-0.1, -0.05) is 72.9 Å². The van der Waals surface area contributed by atoms with E-state index in [0.29, 0.717) is 31.4 Å². The number of rotatable bonds is 12. The molecule has 2 aromatic rings. The van der Waals surface area contributed by atoms with Crippen molar-refractivity contribution in [2.45, 2.75) is 125 Å². The second kappa shape index (κ2) is 15.4. The molecule has 300 valence electrons. The number of carbonyl (C=O) groups excluding carboxylic acids is 4. The van der Waals surface area contributed by atoms with Gasteiger partial charge in [-0.2, -0.15) is 0 Å². The average Bonchev–Trinajstić information content (AvgIpc) is 4.04. The maximum Gasteiger partial charge on any atom is 0.408 e. The van der Waals surface area contributed by atoms with Crippen LogP contribution in [0.3, 0.4) is 0 Å². The molecule has 1 heterocycles. The molecule has 56 heavy (non-hydrogen) atoms. The number of halogens is 2. The maximum absolute atomic E-state index is 14.7. The number of carbonyl (C=O) groups is 4. The lowest BCUT2D eigenvalue weighted by Crippen LogP contribution is -2.59. The standard InChI is InChI=1S/C40H47F2N5O8S/c41-35(42)31-21-40(31,38(50)46-56(52,53)26-18-19-26)44-36(48)32-20-25(55-45-34-29-16-8-6-14-27(29)28-15-7-9-17-30(28)34)22-47(32)37(49)33(23-10-2-1-3-11-23)43-39(51)54-24-12-4-5-13-24/h6-9,14-17,23-26,31-33,35H,1-5,10-13,18-22H2,(H,43,51)(H,44,48)(H,46,50)/t25-,31+,32?,33+,40+/m1/s1. The fourth-order valence-corrected chi connectivity index (χ4v) is 10.3. The Morgan fingerprint density at radius 3 is 2.02 bits per heavy atom. The van der Waals surface area contributed by atoms with E-state index in [0.717, 1.165) is 67.2 Å². The number of oxime groups is 1. The second-order valence-corrected chi connectivity index (χ2v) is 18.1. The highest BCUT2D eigenvalue weighted by molar-refractivity contribution is 7.91. The highest BCUT2D eigenvalue weighted by Crippen LogP contribution is 2.48. The molecule has 1 saturated heterocycles. The SMILES string of the molecule is O=C(N[C@H](C(=O)N1C[C@H](ON=C2c3ccccc3-c3ccccc32)CC1C(=O)N[C@@]1(C(=O)NS(=O)(=O)C2CC2)C[C@H]1C(F)F)C1CCCCC1)OC1CCCC1. The number of amides is 4. The van der Waals surface area contributed by atoms with Crippen LogP contribution >= 0.6 is 0 Å². The zero-order valence-corrected chi connectivity index (χ0v) is 31.8. The summed E-state index contributed by atoms with van der Waals surface area (Å²) in [5.74, 6) is -4.58. The molecule has 13 nitrogen and oxygen atoms in total. The van der Waals surface area contributed by atoms with E-state index in [2.05, 4.69) is 15.8 Å². The van der Waals surface area contributed by atoms with Gasteiger partial charge in [0.2, 0.25) is 28.3 Å². The van der Waals surface area contributed by atoms with Gasteiger partial charge in [-0.05, 0) is 74.8 Å². The average molecular weight is 796 g/mol. The quantitative estimate of drug-likeness (QED) is 0.220. The normalized spacial score (nSPS) is 26.6. The van der Waals surface area contributed by atoms with Crippen LogP contribution in [0.2, 0.25) is 0 Å². The molecule has 2 aromatic carbocycles. The van der Waals surface area contributed by atoms with E-state index in [1.54, 1.807) is 0 Å². The zero-order valence-electron chi connectivity index (χ0n) is 31.0. The van der Waals surface area contributed by atoms with Crippen molar-refractivity contribution in [2.75, 3.05) is 6.54 Å². The van der Waals surface area contributed by atoms with Gasteiger partial charge in [0.25, 0.3) is 5.91 Å². The first-order chi connectivity index (χ1) is 26.9. The molecule has 5 fully saturated rings. The predicted molar refractivity (Wildman–Crippen MR) is 200 cm³/mol. The van der Waals surface area contributed by atoms with Gasteiger partial charge in [0.05, 0.1) is 17.7 Å². The van der Waals surface area contributed by atoms with Gasteiger partial charge in [-0.15, -0.1) is 0 Å². The molecule has 5 aliphatic carbocycles. The molecular weight excluding hydrogens is 749 g/mol. The number of hydrogen-bond acceptors (Lipinski definition) is 9. The topological polar surface area (TPSA) is 173 Å². The van der Waals surface area contributed by atoms with Crippen molar-refractivity contribution in [2.24, 2.45) is 17.0 Å². The monoisotopic (exact) mass is 795 g/mol. The number of nitrogens with one attached hydrogen (secondary N) is 3. The minimum atomic E-state index is -4.12. The highest BCUT2D eigenvalue weighted by atomic mass is 32.2. The van der Waals surface area contributed by atoms with Crippen LogP contribution in [0, 0.1) is 11.8 Å². The minimum absolute atomic E-state index is 0.112. The van der Waals surface area contributed by atoms with E-state index in [1.807, 2.05) is 53.3 Å². The molecule has 8 rings (SSSR count). The zero-order chi connectivity index (χ0) is 39.2. The number of alkyl carbamates (subject to hydrolysis) is 1. The third kappa shape index (κ3) is 7.60. The number of benzene rings is 2. The number of nitrogens with zero attached hydrogens (tertiary/aromatic N) is 2. The Kier molecular flexibility index (Phi) is 10.5. The number of alkyl halides is 2. The summed E-state index contributed by atoms with van der Waals surface area (Å²) in [4.78, 5) is 63.1. The largest absolute Gasteiger partial charge is 0.446 e. The van der Waals surface area contributed by atoms with Gasteiger partial charge < -0.3 is 25.1 Å². The Hall–Kier alpha value is -4.60. The van der Waals surface area contributed by atoms with Crippen molar-refractivity contribution >= 4 is 39.5 Å². The fraction of sp³-hybridized carbons (Fsp3) is 0.575. The number of sulfonamides is 1. The summed E-state index contributed by atoms with van der Waals surface area (Å²) < 4.78 is 61.3.